The Labute approximate surface area is 120 Å². The molecule has 0 radical (unpaired) electrons. The molecule has 21 heavy (non-hydrogen) atoms. The summed E-state index contributed by atoms with van der Waals surface area (Å²) in [5.41, 5.74) is -2.23. The Morgan fingerprint density at radius 3 is 2.48 bits per heavy atom. The number of alkyl halides is 5. The van der Waals surface area contributed by atoms with Crippen molar-refractivity contribution in [3.8, 4) is 0 Å². The van der Waals surface area contributed by atoms with E-state index in [4.69, 9.17) is 0 Å². The van der Waals surface area contributed by atoms with Gasteiger partial charge in [0.1, 0.15) is 11.9 Å². The Kier molecular flexibility index (Phi) is 4.66. The molecule has 0 saturated carbocycles. The van der Waals surface area contributed by atoms with E-state index in [0.717, 1.165) is 0 Å². The number of halogens is 7. The molecule has 1 aromatic rings. The number of hydrogen-bond acceptors (Lipinski definition) is 2. The lowest BCUT2D eigenvalue weighted by molar-refractivity contribution is -0.138. The van der Waals surface area contributed by atoms with Crippen LogP contribution in [0.3, 0.4) is 0 Å². The zero-order chi connectivity index (χ0) is 15.1. The molecule has 1 fully saturated rings. The van der Waals surface area contributed by atoms with Gasteiger partial charge in [0.15, 0.2) is 6.61 Å². The molecule has 1 saturated heterocycles. The topological polar surface area (TPSA) is 38.3 Å². The molecule has 1 heterocycles. The predicted octanol–water partition coefficient (Wildman–Crippen LogP) is 3.68. The zero-order valence-corrected chi connectivity index (χ0v) is 10.8. The van der Waals surface area contributed by atoms with E-state index in [9.17, 15) is 31.1 Å². The molecule has 1 amide bonds. The number of rotatable bonds is 1. The SMILES string of the molecule is Cl.O=C1N[C@H](c2cc(C(F)(F)F)ccc2F)C(F)(F)CO1. The average molecular weight is 336 g/mol. The summed E-state index contributed by atoms with van der Waals surface area (Å²) in [6, 6.07) is -1.11. The van der Waals surface area contributed by atoms with E-state index in [2.05, 4.69) is 4.74 Å². The average Bonchev–Trinajstić information content (AvgIpc) is 2.32. The summed E-state index contributed by atoms with van der Waals surface area (Å²) >= 11 is 0. The van der Waals surface area contributed by atoms with E-state index < -0.39 is 47.8 Å². The van der Waals surface area contributed by atoms with Crippen molar-refractivity contribution in [2.24, 2.45) is 0 Å². The molecule has 2 rings (SSSR count). The lowest BCUT2D eigenvalue weighted by atomic mass is 9.97. The van der Waals surface area contributed by atoms with Crippen LogP contribution in [0.1, 0.15) is 17.2 Å². The quantitative estimate of drug-likeness (QED) is 0.795. The summed E-state index contributed by atoms with van der Waals surface area (Å²) in [5.74, 6) is -5.00. The normalized spacial score (nSPS) is 21.0. The number of amides is 1. The number of hydrogen-bond donors (Lipinski definition) is 1. The number of ether oxygens (including phenoxy) is 1. The molecule has 1 aliphatic rings. The molecule has 1 aliphatic heterocycles. The maximum absolute atomic E-state index is 13.5. The van der Waals surface area contributed by atoms with Crippen LogP contribution in [-0.2, 0) is 10.9 Å². The second-order valence-electron chi connectivity index (χ2n) is 4.15. The van der Waals surface area contributed by atoms with Crippen molar-refractivity contribution < 1.29 is 35.9 Å². The Hall–Kier alpha value is -1.64. The van der Waals surface area contributed by atoms with E-state index >= 15 is 0 Å². The summed E-state index contributed by atoms with van der Waals surface area (Å²) in [6.07, 6.45) is -6.06. The Morgan fingerprint density at radius 2 is 1.90 bits per heavy atom. The summed E-state index contributed by atoms with van der Waals surface area (Å²) in [4.78, 5) is 10.9. The van der Waals surface area contributed by atoms with Crippen LogP contribution in [0.5, 0.6) is 0 Å². The molecule has 118 valence electrons. The van der Waals surface area contributed by atoms with Gasteiger partial charge < -0.3 is 10.1 Å². The van der Waals surface area contributed by atoms with Crippen LogP contribution in [-0.4, -0.2) is 18.6 Å². The second-order valence-corrected chi connectivity index (χ2v) is 4.15. The molecule has 1 aromatic carbocycles. The molecule has 1 N–H and O–H groups in total. The highest BCUT2D eigenvalue weighted by Gasteiger charge is 2.48. The molecular formula is C11H8ClF6NO2. The third-order valence-electron chi connectivity index (χ3n) is 2.71. The first kappa shape index (κ1) is 17.4. The van der Waals surface area contributed by atoms with Gasteiger partial charge in [-0.25, -0.2) is 18.0 Å². The van der Waals surface area contributed by atoms with Gasteiger partial charge >= 0.3 is 18.2 Å². The first-order chi connectivity index (χ1) is 9.11. The van der Waals surface area contributed by atoms with Gasteiger partial charge in [0, 0.05) is 5.56 Å². The number of benzene rings is 1. The van der Waals surface area contributed by atoms with Crippen molar-refractivity contribution in [3.05, 3.63) is 35.1 Å². The minimum absolute atomic E-state index is 0. The summed E-state index contributed by atoms with van der Waals surface area (Å²) in [5, 5.41) is 1.62. The van der Waals surface area contributed by atoms with Crippen LogP contribution < -0.4 is 5.32 Å². The van der Waals surface area contributed by atoms with Gasteiger partial charge in [-0.2, -0.15) is 13.2 Å². The Balaban J connectivity index is 0.00000220. The van der Waals surface area contributed by atoms with E-state index in [0.29, 0.717) is 12.1 Å². The summed E-state index contributed by atoms with van der Waals surface area (Å²) in [6.45, 7) is -1.33. The van der Waals surface area contributed by atoms with Gasteiger partial charge in [0.05, 0.1) is 5.56 Å². The van der Waals surface area contributed by atoms with Crippen molar-refractivity contribution in [2.45, 2.75) is 18.1 Å². The Morgan fingerprint density at radius 1 is 1.29 bits per heavy atom. The molecule has 0 aliphatic carbocycles. The molecule has 3 nitrogen and oxygen atoms in total. The van der Waals surface area contributed by atoms with Crippen LogP contribution in [0, 0.1) is 5.82 Å². The van der Waals surface area contributed by atoms with Gasteiger partial charge in [0.25, 0.3) is 0 Å². The molecule has 0 bridgehead atoms. The molecule has 10 heteroatoms. The highest BCUT2D eigenvalue weighted by molar-refractivity contribution is 5.85. The molecule has 0 aromatic heterocycles. The Bertz CT molecular complexity index is 548. The molecule has 0 unspecified atom stereocenters. The first-order valence-corrected chi connectivity index (χ1v) is 5.29. The van der Waals surface area contributed by atoms with E-state index in [1.165, 1.54) is 0 Å². The van der Waals surface area contributed by atoms with E-state index in [1.807, 2.05) is 0 Å². The van der Waals surface area contributed by atoms with Crippen LogP contribution in [0.15, 0.2) is 18.2 Å². The van der Waals surface area contributed by atoms with Crippen molar-refractivity contribution >= 4 is 18.5 Å². The van der Waals surface area contributed by atoms with Crippen LogP contribution in [0.4, 0.5) is 31.1 Å². The lowest BCUT2D eigenvalue weighted by Crippen LogP contribution is -2.50. The number of alkyl carbamates (subject to hydrolysis) is 1. The van der Waals surface area contributed by atoms with Crippen molar-refractivity contribution in [1.82, 2.24) is 5.32 Å². The highest BCUT2D eigenvalue weighted by Crippen LogP contribution is 2.38. The number of nitrogens with one attached hydrogen (secondary N) is 1. The monoisotopic (exact) mass is 335 g/mol. The smallest absolute Gasteiger partial charge is 0.416 e. The summed E-state index contributed by atoms with van der Waals surface area (Å²) in [7, 11) is 0. The highest BCUT2D eigenvalue weighted by atomic mass is 35.5. The minimum atomic E-state index is -4.81. The van der Waals surface area contributed by atoms with Gasteiger partial charge in [0.2, 0.25) is 0 Å². The van der Waals surface area contributed by atoms with Crippen LogP contribution in [0.25, 0.3) is 0 Å². The third kappa shape index (κ3) is 3.52. The van der Waals surface area contributed by atoms with Crippen molar-refractivity contribution in [1.29, 1.82) is 0 Å². The van der Waals surface area contributed by atoms with Gasteiger partial charge in [-0.05, 0) is 18.2 Å². The van der Waals surface area contributed by atoms with Crippen LogP contribution in [0.2, 0.25) is 0 Å². The zero-order valence-electron chi connectivity index (χ0n) is 10.0. The predicted molar refractivity (Wildman–Crippen MR) is 60.8 cm³/mol. The maximum atomic E-state index is 13.5. The maximum Gasteiger partial charge on any atom is 0.416 e. The fourth-order valence-corrected chi connectivity index (χ4v) is 1.76. The van der Waals surface area contributed by atoms with E-state index in [-0.39, 0.29) is 18.5 Å². The van der Waals surface area contributed by atoms with Crippen LogP contribution >= 0.6 is 12.4 Å². The van der Waals surface area contributed by atoms with E-state index in [1.54, 1.807) is 5.32 Å². The van der Waals surface area contributed by atoms with Crippen molar-refractivity contribution in [3.63, 3.8) is 0 Å². The fraction of sp³-hybridized carbons (Fsp3) is 0.364. The second kappa shape index (κ2) is 5.63. The number of cyclic esters (lactones) is 1. The van der Waals surface area contributed by atoms with Gasteiger partial charge in [-0.1, -0.05) is 0 Å². The first-order valence-electron chi connectivity index (χ1n) is 5.29. The fourth-order valence-electron chi connectivity index (χ4n) is 1.76. The summed E-state index contributed by atoms with van der Waals surface area (Å²) < 4.78 is 82.2. The molecular weight excluding hydrogens is 328 g/mol. The number of carbonyl (C=O) groups excluding carboxylic acids is 1. The van der Waals surface area contributed by atoms with Gasteiger partial charge in [-0.3, -0.25) is 0 Å². The molecule has 0 spiro atoms. The lowest BCUT2D eigenvalue weighted by Gasteiger charge is -2.32. The number of carbonyl (C=O) groups is 1. The molecule has 1 atom stereocenters. The van der Waals surface area contributed by atoms with Crippen molar-refractivity contribution in [2.75, 3.05) is 6.61 Å². The largest absolute Gasteiger partial charge is 0.443 e. The minimum Gasteiger partial charge on any atom is -0.443 e. The van der Waals surface area contributed by atoms with Gasteiger partial charge in [-0.15, -0.1) is 12.4 Å². The standard InChI is InChI=1S/C11H7F6NO2.ClH/c12-7-2-1-5(11(15,16)17)3-6(7)8-10(13,14)4-20-9(19)18-8;/h1-3,8H,4H2,(H,18,19);1H/t8-;/m1./s1. The third-order valence-corrected chi connectivity index (χ3v) is 2.71.